The number of H-pyrrole nitrogens is 1. The largest absolute Gasteiger partial charge is 0.324 e. The van der Waals surface area contributed by atoms with Crippen LogP contribution >= 0.6 is 23.6 Å². The topological polar surface area (TPSA) is 62.7 Å². The van der Waals surface area contributed by atoms with Gasteiger partial charge in [0.1, 0.15) is 12.4 Å². The van der Waals surface area contributed by atoms with Crippen molar-refractivity contribution in [1.82, 2.24) is 14.8 Å². The lowest BCUT2D eigenvalue weighted by molar-refractivity contribution is -0.116. The highest BCUT2D eigenvalue weighted by atomic mass is 32.1. The molecule has 0 aliphatic rings. The summed E-state index contributed by atoms with van der Waals surface area (Å²) in [6, 6.07) is 0. The molecule has 2 aromatic rings. The van der Waals surface area contributed by atoms with Crippen LogP contribution in [0.15, 0.2) is 10.8 Å². The molecule has 0 saturated heterocycles. The summed E-state index contributed by atoms with van der Waals surface area (Å²) in [5, 5.41) is 13.7. The maximum absolute atomic E-state index is 12.0. The molecular formula is C12H16N4OS2. The zero-order valence-electron chi connectivity index (χ0n) is 10.9. The van der Waals surface area contributed by atoms with Crippen LogP contribution in [-0.4, -0.2) is 20.7 Å². The van der Waals surface area contributed by atoms with Crippen LogP contribution in [0.2, 0.25) is 0 Å². The second-order valence-corrected chi connectivity index (χ2v) is 5.43. The summed E-state index contributed by atoms with van der Waals surface area (Å²) in [7, 11) is 0. The van der Waals surface area contributed by atoms with Crippen LogP contribution in [0, 0.1) is 11.7 Å². The van der Waals surface area contributed by atoms with Crippen LogP contribution in [0.1, 0.15) is 24.7 Å². The number of thiophene rings is 1. The first-order valence-corrected chi connectivity index (χ1v) is 7.43. The Kier molecular flexibility index (Phi) is 4.49. The molecule has 2 aromatic heterocycles. The molecule has 1 amide bonds. The molecule has 0 fully saturated rings. The van der Waals surface area contributed by atoms with E-state index in [0.29, 0.717) is 4.77 Å². The normalized spacial score (nSPS) is 10.6. The summed E-state index contributed by atoms with van der Waals surface area (Å²) in [6.07, 6.45) is 1.77. The maximum Gasteiger partial charge on any atom is 0.244 e. The summed E-state index contributed by atoms with van der Waals surface area (Å²) in [6.45, 7) is 4.23. The minimum Gasteiger partial charge on any atom is -0.324 e. The van der Waals surface area contributed by atoms with Gasteiger partial charge >= 0.3 is 0 Å². The fourth-order valence-corrected chi connectivity index (χ4v) is 2.75. The van der Waals surface area contributed by atoms with Crippen LogP contribution in [0.4, 0.5) is 5.69 Å². The molecule has 0 saturated carbocycles. The van der Waals surface area contributed by atoms with Crippen molar-refractivity contribution < 1.29 is 4.79 Å². The summed E-state index contributed by atoms with van der Waals surface area (Å²) in [5.41, 5.74) is 1.94. The first kappa shape index (κ1) is 14.0. The summed E-state index contributed by atoms with van der Waals surface area (Å²) < 4.78 is 2.23. The summed E-state index contributed by atoms with van der Waals surface area (Å²) in [5.74, 6) is 0.737. The first-order chi connectivity index (χ1) is 9.11. The van der Waals surface area contributed by atoms with Crippen LogP contribution in [0.5, 0.6) is 0 Å². The molecule has 0 unspecified atom stereocenters. The van der Waals surface area contributed by atoms with Gasteiger partial charge in [-0.2, -0.15) is 5.10 Å². The molecule has 2 heterocycles. The number of rotatable bonds is 5. The van der Waals surface area contributed by atoms with Gasteiger partial charge in [0.05, 0.1) is 5.69 Å². The van der Waals surface area contributed by atoms with E-state index in [4.69, 9.17) is 12.2 Å². The van der Waals surface area contributed by atoms with Crippen molar-refractivity contribution in [3.63, 3.8) is 0 Å². The quantitative estimate of drug-likeness (QED) is 0.834. The van der Waals surface area contributed by atoms with Gasteiger partial charge in [0.15, 0.2) is 4.77 Å². The van der Waals surface area contributed by atoms with Crippen molar-refractivity contribution in [3.05, 3.63) is 26.9 Å². The molecule has 19 heavy (non-hydrogen) atoms. The Labute approximate surface area is 120 Å². The Balaban J connectivity index is 2.09. The predicted molar refractivity (Wildman–Crippen MR) is 79.1 cm³/mol. The summed E-state index contributed by atoms with van der Waals surface area (Å²) in [4.78, 5) is 12.0. The average Bonchev–Trinajstić information content (AvgIpc) is 2.91. The zero-order valence-corrected chi connectivity index (χ0v) is 12.5. The molecule has 0 aliphatic carbocycles. The number of hydrogen-bond donors (Lipinski definition) is 2. The van der Waals surface area contributed by atoms with Gasteiger partial charge in [0.25, 0.3) is 0 Å². The third kappa shape index (κ3) is 3.30. The van der Waals surface area contributed by atoms with Gasteiger partial charge in [-0.1, -0.05) is 6.92 Å². The molecule has 0 atom stereocenters. The second-order valence-electron chi connectivity index (χ2n) is 4.30. The molecule has 102 valence electrons. The monoisotopic (exact) mass is 296 g/mol. The van der Waals surface area contributed by atoms with Gasteiger partial charge < -0.3 is 5.32 Å². The Bertz CT molecular complexity index is 626. The van der Waals surface area contributed by atoms with Gasteiger partial charge in [-0.3, -0.25) is 14.5 Å². The smallest absolute Gasteiger partial charge is 0.244 e. The highest BCUT2D eigenvalue weighted by Crippen LogP contribution is 2.19. The predicted octanol–water partition coefficient (Wildman–Crippen LogP) is 2.90. The van der Waals surface area contributed by atoms with Crippen molar-refractivity contribution >= 4 is 35.1 Å². The number of amides is 1. The lowest BCUT2D eigenvalue weighted by Crippen LogP contribution is -2.20. The van der Waals surface area contributed by atoms with Crippen LogP contribution < -0.4 is 5.32 Å². The Morgan fingerprint density at radius 1 is 1.58 bits per heavy atom. The van der Waals surface area contributed by atoms with Crippen molar-refractivity contribution in [3.8, 4) is 0 Å². The standard InChI is InChI=1S/C12H16N4OS2/c1-3-4-10-14-15-12(18)16(10)5-11(17)13-9-7-19-6-8(9)2/h6-7H,3-5H2,1-2H3,(H,13,17)(H,15,18). The lowest BCUT2D eigenvalue weighted by Gasteiger charge is -2.07. The highest BCUT2D eigenvalue weighted by Gasteiger charge is 2.11. The number of nitrogens with zero attached hydrogens (tertiary/aromatic N) is 2. The first-order valence-electron chi connectivity index (χ1n) is 6.08. The van der Waals surface area contributed by atoms with Crippen LogP contribution in [0.3, 0.4) is 0 Å². The second kappa shape index (κ2) is 6.12. The Hall–Kier alpha value is -1.47. The molecular weight excluding hydrogens is 280 g/mol. The Morgan fingerprint density at radius 3 is 3.00 bits per heavy atom. The van der Waals surface area contributed by atoms with Crippen molar-refractivity contribution in [2.24, 2.45) is 0 Å². The van der Waals surface area contributed by atoms with Crippen molar-refractivity contribution in [2.75, 3.05) is 5.32 Å². The van der Waals surface area contributed by atoms with E-state index in [-0.39, 0.29) is 12.5 Å². The van der Waals surface area contributed by atoms with E-state index in [1.165, 1.54) is 0 Å². The van der Waals surface area contributed by atoms with E-state index in [2.05, 4.69) is 22.4 Å². The number of aromatic amines is 1. The third-order valence-electron chi connectivity index (χ3n) is 2.74. The van der Waals surface area contributed by atoms with E-state index in [9.17, 15) is 4.79 Å². The van der Waals surface area contributed by atoms with Crippen molar-refractivity contribution in [2.45, 2.75) is 33.2 Å². The fourth-order valence-electron chi connectivity index (χ4n) is 1.75. The van der Waals surface area contributed by atoms with E-state index < -0.39 is 0 Å². The fraction of sp³-hybridized carbons (Fsp3) is 0.417. The van der Waals surface area contributed by atoms with Crippen LogP contribution in [-0.2, 0) is 17.8 Å². The van der Waals surface area contributed by atoms with Gasteiger partial charge in [-0.15, -0.1) is 11.3 Å². The van der Waals surface area contributed by atoms with Crippen LogP contribution in [0.25, 0.3) is 0 Å². The Morgan fingerprint density at radius 2 is 2.37 bits per heavy atom. The molecule has 7 heteroatoms. The van der Waals surface area contributed by atoms with E-state index >= 15 is 0 Å². The van der Waals surface area contributed by atoms with Gasteiger partial charge in [0, 0.05) is 11.8 Å². The average molecular weight is 296 g/mol. The number of carbonyl (C=O) groups is 1. The molecule has 5 nitrogen and oxygen atoms in total. The number of anilines is 1. The van der Waals surface area contributed by atoms with E-state index in [1.807, 2.05) is 17.7 Å². The molecule has 0 spiro atoms. The molecule has 0 aromatic carbocycles. The minimum atomic E-state index is -0.0867. The van der Waals surface area contributed by atoms with E-state index in [0.717, 1.165) is 29.9 Å². The molecule has 0 bridgehead atoms. The molecule has 2 N–H and O–H groups in total. The van der Waals surface area contributed by atoms with Gasteiger partial charge in [0.2, 0.25) is 5.91 Å². The SMILES string of the molecule is CCCc1n[nH]c(=S)n1CC(=O)Nc1cscc1C. The van der Waals surface area contributed by atoms with E-state index in [1.54, 1.807) is 15.9 Å². The lowest BCUT2D eigenvalue weighted by atomic mass is 10.3. The molecule has 2 rings (SSSR count). The minimum absolute atomic E-state index is 0.0867. The third-order valence-corrected chi connectivity index (χ3v) is 3.92. The molecule has 0 aliphatic heterocycles. The highest BCUT2D eigenvalue weighted by molar-refractivity contribution is 7.71. The number of nitrogens with one attached hydrogen (secondary N) is 2. The number of carbonyl (C=O) groups excluding carboxylic acids is 1. The summed E-state index contributed by atoms with van der Waals surface area (Å²) >= 11 is 6.72. The molecule has 0 radical (unpaired) electrons. The van der Waals surface area contributed by atoms with Crippen molar-refractivity contribution in [1.29, 1.82) is 0 Å². The number of aryl methyl sites for hydroxylation is 2. The van der Waals surface area contributed by atoms with Gasteiger partial charge in [-0.25, -0.2) is 0 Å². The number of aromatic nitrogens is 3. The number of hydrogen-bond acceptors (Lipinski definition) is 4. The van der Waals surface area contributed by atoms with Gasteiger partial charge in [-0.05, 0) is 36.5 Å². The maximum atomic E-state index is 12.0. The zero-order chi connectivity index (χ0) is 13.8.